The van der Waals surface area contributed by atoms with Gasteiger partial charge in [-0.05, 0) is 49.3 Å². The van der Waals surface area contributed by atoms with Gasteiger partial charge in [-0.2, -0.15) is 13.2 Å². The van der Waals surface area contributed by atoms with Gasteiger partial charge in [0.25, 0.3) is 0 Å². The zero-order valence-corrected chi connectivity index (χ0v) is 17.0. The van der Waals surface area contributed by atoms with Crippen LogP contribution in [-0.2, 0) is 17.3 Å². The van der Waals surface area contributed by atoms with Crippen LogP contribution in [0.5, 0.6) is 0 Å². The van der Waals surface area contributed by atoms with Crippen LogP contribution < -0.4 is 10.6 Å². The van der Waals surface area contributed by atoms with Gasteiger partial charge < -0.3 is 15.4 Å². The van der Waals surface area contributed by atoms with E-state index in [1.165, 1.54) is 18.4 Å². The van der Waals surface area contributed by atoms with E-state index >= 15 is 0 Å². The number of nitrogens with one attached hydrogen (secondary N) is 2. The van der Waals surface area contributed by atoms with Crippen molar-refractivity contribution in [3.05, 3.63) is 44.8 Å². The van der Waals surface area contributed by atoms with Gasteiger partial charge in [-0.25, -0.2) is 4.79 Å². The van der Waals surface area contributed by atoms with Crippen LogP contribution in [0.3, 0.4) is 0 Å². The fourth-order valence-electron chi connectivity index (χ4n) is 2.46. The van der Waals surface area contributed by atoms with Crippen LogP contribution in [0.1, 0.15) is 33.3 Å². The monoisotopic (exact) mass is 436 g/mol. The third-order valence-corrected chi connectivity index (χ3v) is 5.32. The Morgan fingerprint density at radius 3 is 2.56 bits per heavy atom. The second-order valence-corrected chi connectivity index (χ2v) is 7.50. The van der Waals surface area contributed by atoms with Crippen molar-refractivity contribution in [1.82, 2.24) is 0 Å². The number of aryl methyl sites for hydroxylation is 1. The number of carbonyl (C=O) groups is 1. The first-order chi connectivity index (χ1) is 12.6. The molecule has 1 aromatic carbocycles. The summed E-state index contributed by atoms with van der Waals surface area (Å²) in [6, 6.07) is 2.89. The van der Waals surface area contributed by atoms with Crippen molar-refractivity contribution >= 4 is 56.9 Å². The van der Waals surface area contributed by atoms with Crippen LogP contribution in [0.4, 0.5) is 23.9 Å². The zero-order chi connectivity index (χ0) is 20.4. The van der Waals surface area contributed by atoms with Crippen LogP contribution >= 0.6 is 35.2 Å². The Labute approximate surface area is 168 Å². The van der Waals surface area contributed by atoms with Crippen LogP contribution in [0.15, 0.2) is 18.2 Å². The van der Waals surface area contributed by atoms with Gasteiger partial charge in [-0.3, -0.25) is 0 Å². The number of carbonyl (C=O) groups excluding carboxylic acids is 1. The van der Waals surface area contributed by atoms with Crippen molar-refractivity contribution in [3.63, 3.8) is 0 Å². The number of rotatable bonds is 4. The van der Waals surface area contributed by atoms with E-state index in [0.29, 0.717) is 17.0 Å². The van der Waals surface area contributed by atoms with Crippen molar-refractivity contribution in [2.75, 3.05) is 17.7 Å². The second-order valence-electron chi connectivity index (χ2n) is 5.46. The van der Waals surface area contributed by atoms with Crippen molar-refractivity contribution < 1.29 is 22.7 Å². The van der Waals surface area contributed by atoms with Crippen molar-refractivity contribution in [1.29, 1.82) is 0 Å². The molecule has 10 heteroatoms. The lowest BCUT2D eigenvalue weighted by atomic mass is 10.1. The summed E-state index contributed by atoms with van der Waals surface area (Å²) in [5.41, 5.74) is 0.344. The number of thiophene rings is 1. The molecule has 0 aliphatic heterocycles. The predicted octanol–water partition coefficient (Wildman–Crippen LogP) is 5.89. The Bertz CT molecular complexity index is 882. The fraction of sp³-hybridized carbons (Fsp3) is 0.294. The molecule has 0 aliphatic carbocycles. The van der Waals surface area contributed by atoms with E-state index in [4.69, 9.17) is 28.6 Å². The Morgan fingerprint density at radius 1 is 1.33 bits per heavy atom. The molecule has 0 saturated heterocycles. The molecule has 2 aromatic rings. The molecule has 0 spiro atoms. The van der Waals surface area contributed by atoms with E-state index in [9.17, 15) is 18.0 Å². The quantitative estimate of drug-likeness (QED) is 0.462. The topological polar surface area (TPSA) is 50.4 Å². The number of benzene rings is 1. The number of halogens is 4. The van der Waals surface area contributed by atoms with Gasteiger partial charge >= 0.3 is 12.1 Å². The molecule has 2 rings (SSSR count). The van der Waals surface area contributed by atoms with Crippen molar-refractivity contribution in [2.24, 2.45) is 0 Å². The van der Waals surface area contributed by atoms with E-state index in [1.54, 1.807) is 0 Å². The molecule has 2 N–H and O–H groups in total. The molecule has 0 aliphatic rings. The molecule has 146 valence electrons. The number of anilines is 2. The summed E-state index contributed by atoms with van der Waals surface area (Å²) in [6.45, 7) is 3.77. The lowest BCUT2D eigenvalue weighted by Crippen LogP contribution is -2.21. The molecular formula is C17H16ClF3N2O2S2. The number of hydrogen-bond donors (Lipinski definition) is 2. The minimum absolute atomic E-state index is 0.00489. The SMILES string of the molecule is CCc1c(C)sc(NC(=S)Nc2cc(C(F)(F)F)ccc2Cl)c1C(=O)OC. The van der Waals surface area contributed by atoms with Gasteiger partial charge in [-0.1, -0.05) is 18.5 Å². The molecule has 0 fully saturated rings. The smallest absolute Gasteiger partial charge is 0.416 e. The first kappa shape index (κ1) is 21.5. The molecule has 0 amide bonds. The standard InChI is InChI=1S/C17H16ClF3N2O2S2/c1-4-10-8(2)27-14(13(10)15(24)25-3)23-16(26)22-12-7-9(17(19,20)21)5-6-11(12)18/h5-7H,4H2,1-3H3,(H2,22,23,26). The zero-order valence-electron chi connectivity index (χ0n) is 14.6. The van der Waals surface area contributed by atoms with Gasteiger partial charge in [0.2, 0.25) is 0 Å². The molecule has 0 radical (unpaired) electrons. The summed E-state index contributed by atoms with van der Waals surface area (Å²) in [6.07, 6.45) is -3.89. The van der Waals surface area contributed by atoms with Gasteiger partial charge in [0.05, 0.1) is 28.9 Å². The molecular weight excluding hydrogens is 421 g/mol. The van der Waals surface area contributed by atoms with Crippen LogP contribution in [0.25, 0.3) is 0 Å². The summed E-state index contributed by atoms with van der Waals surface area (Å²) < 4.78 is 43.5. The summed E-state index contributed by atoms with van der Waals surface area (Å²) in [4.78, 5) is 13.0. The number of esters is 1. The predicted molar refractivity (Wildman–Crippen MR) is 106 cm³/mol. The maximum atomic E-state index is 12.9. The Hall–Kier alpha value is -1.84. The van der Waals surface area contributed by atoms with Crippen molar-refractivity contribution in [3.8, 4) is 0 Å². The third-order valence-electron chi connectivity index (χ3n) is 3.72. The summed E-state index contributed by atoms with van der Waals surface area (Å²) in [5.74, 6) is -0.515. The van der Waals surface area contributed by atoms with Crippen LogP contribution in [-0.4, -0.2) is 18.2 Å². The Balaban J connectivity index is 2.28. The highest BCUT2D eigenvalue weighted by atomic mass is 35.5. The molecule has 0 bridgehead atoms. The van der Waals surface area contributed by atoms with Gasteiger partial charge in [-0.15, -0.1) is 11.3 Å². The molecule has 1 aromatic heterocycles. The minimum Gasteiger partial charge on any atom is -0.465 e. The van der Waals surface area contributed by atoms with Gasteiger partial charge in [0.1, 0.15) is 5.00 Å². The van der Waals surface area contributed by atoms with E-state index in [-0.39, 0.29) is 15.8 Å². The highest BCUT2D eigenvalue weighted by Gasteiger charge is 2.31. The third kappa shape index (κ3) is 4.91. The molecule has 4 nitrogen and oxygen atoms in total. The Kier molecular flexibility index (Phi) is 6.72. The second kappa shape index (κ2) is 8.45. The molecule has 1 heterocycles. The maximum Gasteiger partial charge on any atom is 0.416 e. The number of thiocarbonyl (C=S) groups is 1. The lowest BCUT2D eigenvalue weighted by Gasteiger charge is -2.14. The van der Waals surface area contributed by atoms with Gasteiger partial charge in [0, 0.05) is 4.88 Å². The van der Waals surface area contributed by atoms with E-state index in [1.807, 2.05) is 13.8 Å². The number of alkyl halides is 3. The average molecular weight is 437 g/mol. The summed E-state index contributed by atoms with van der Waals surface area (Å²) in [5, 5.41) is 6.04. The summed E-state index contributed by atoms with van der Waals surface area (Å²) in [7, 11) is 1.28. The molecule has 0 atom stereocenters. The highest BCUT2D eigenvalue weighted by Crippen LogP contribution is 2.36. The van der Waals surface area contributed by atoms with Crippen LogP contribution in [0.2, 0.25) is 5.02 Å². The largest absolute Gasteiger partial charge is 0.465 e. The first-order valence-electron chi connectivity index (χ1n) is 7.73. The van der Waals surface area contributed by atoms with Crippen LogP contribution in [0, 0.1) is 6.92 Å². The Morgan fingerprint density at radius 2 is 2.00 bits per heavy atom. The number of methoxy groups -OCH3 is 1. The average Bonchev–Trinajstić information content (AvgIpc) is 2.89. The molecule has 27 heavy (non-hydrogen) atoms. The fourth-order valence-corrected chi connectivity index (χ4v) is 4.04. The highest BCUT2D eigenvalue weighted by molar-refractivity contribution is 7.80. The molecule has 0 saturated carbocycles. The normalized spacial score (nSPS) is 11.2. The van der Waals surface area contributed by atoms with Crippen molar-refractivity contribution in [2.45, 2.75) is 26.4 Å². The van der Waals surface area contributed by atoms with E-state index in [2.05, 4.69) is 10.6 Å². The maximum absolute atomic E-state index is 12.9. The van der Waals surface area contributed by atoms with Gasteiger partial charge in [0.15, 0.2) is 5.11 Å². The van der Waals surface area contributed by atoms with E-state index in [0.717, 1.165) is 28.6 Å². The number of hydrogen-bond acceptors (Lipinski definition) is 4. The number of ether oxygens (including phenoxy) is 1. The minimum atomic E-state index is -4.50. The van der Waals surface area contributed by atoms with E-state index < -0.39 is 17.7 Å². The first-order valence-corrected chi connectivity index (χ1v) is 9.34. The lowest BCUT2D eigenvalue weighted by molar-refractivity contribution is -0.137. The molecule has 0 unspecified atom stereocenters. The summed E-state index contributed by atoms with van der Waals surface area (Å²) >= 11 is 12.4.